The lowest BCUT2D eigenvalue weighted by atomic mass is 10.1. The van der Waals surface area contributed by atoms with E-state index in [1.165, 1.54) is 0 Å². The summed E-state index contributed by atoms with van der Waals surface area (Å²) in [6.45, 7) is 2.13. The van der Waals surface area contributed by atoms with Crippen molar-refractivity contribution in [3.8, 4) is 0 Å². The minimum Gasteiger partial charge on any atom is -0.269 e. The van der Waals surface area contributed by atoms with Crippen molar-refractivity contribution in [2.24, 2.45) is 0 Å². The van der Waals surface area contributed by atoms with Gasteiger partial charge in [-0.15, -0.1) is 0 Å². The number of rotatable bonds is 12. The fraction of sp³-hybridized carbons (Fsp3) is 0.562. The van der Waals surface area contributed by atoms with Gasteiger partial charge in [0, 0.05) is 6.42 Å². The van der Waals surface area contributed by atoms with Gasteiger partial charge in [-0.3, -0.25) is 4.89 Å². The first kappa shape index (κ1) is 18.6. The lowest BCUT2D eigenvalue weighted by Gasteiger charge is -1.97. The predicted octanol–water partition coefficient (Wildman–Crippen LogP) is 4.74. The summed E-state index contributed by atoms with van der Waals surface area (Å²) in [5, 5.41) is 11.2. The summed E-state index contributed by atoms with van der Waals surface area (Å²) in [6, 6.07) is 0. The summed E-state index contributed by atoms with van der Waals surface area (Å²) < 4.78 is 0. The van der Waals surface area contributed by atoms with Crippen LogP contribution in [0.2, 0.25) is 0 Å². The van der Waals surface area contributed by atoms with Crippen molar-refractivity contribution in [3.05, 3.63) is 36.5 Å². The van der Waals surface area contributed by atoms with Crippen molar-refractivity contribution < 1.29 is 20.0 Å². The van der Waals surface area contributed by atoms with Gasteiger partial charge in [-0.05, 0) is 43.6 Å². The summed E-state index contributed by atoms with van der Waals surface area (Å²) in [6.07, 6.45) is 20.1. The van der Waals surface area contributed by atoms with E-state index in [4.69, 9.17) is 5.26 Å². The van der Waals surface area contributed by atoms with Crippen LogP contribution in [0.5, 0.6) is 0 Å². The molecule has 20 heavy (non-hydrogen) atoms. The Hall–Kier alpha value is -1.39. The fourth-order valence-electron chi connectivity index (χ4n) is 1.62. The molecule has 0 radical (unpaired) electrons. The van der Waals surface area contributed by atoms with Gasteiger partial charge >= 0.3 is 5.97 Å². The SMILES string of the molecule is CC/C=C\C/C=C\C/C=C\CCCCCC(=O)OOO. The first-order chi connectivity index (χ1) is 9.81. The lowest BCUT2D eigenvalue weighted by molar-refractivity contribution is -0.462. The maximum absolute atomic E-state index is 10.8. The zero-order chi connectivity index (χ0) is 14.9. The molecule has 0 fully saturated rings. The topological polar surface area (TPSA) is 55.8 Å². The molecule has 0 saturated carbocycles. The Kier molecular flexibility index (Phi) is 14.6. The minimum atomic E-state index is -0.537. The van der Waals surface area contributed by atoms with Gasteiger partial charge in [0.25, 0.3) is 0 Å². The second-order valence-electron chi connectivity index (χ2n) is 4.42. The first-order valence-electron chi connectivity index (χ1n) is 7.27. The van der Waals surface area contributed by atoms with Gasteiger partial charge in [-0.25, -0.2) is 10.1 Å². The standard InChI is InChI=1S/C16H26O4/c1-2-3-4-5-6-7-8-9-10-11-12-13-14-15-16(17)19-20-18/h3-4,6-7,9-10,18H,2,5,8,11-15H2,1H3/b4-3-,7-6-,10-9-. The Morgan fingerprint density at radius 2 is 1.60 bits per heavy atom. The number of unbranched alkanes of at least 4 members (excludes halogenated alkanes) is 3. The van der Waals surface area contributed by atoms with Crippen molar-refractivity contribution in [2.45, 2.75) is 58.3 Å². The van der Waals surface area contributed by atoms with E-state index in [1.807, 2.05) is 0 Å². The summed E-state index contributed by atoms with van der Waals surface area (Å²) in [5.74, 6) is -0.537. The molecule has 0 unspecified atom stereocenters. The normalized spacial score (nSPS) is 11.9. The molecule has 114 valence electrons. The summed E-state index contributed by atoms with van der Waals surface area (Å²) in [5.41, 5.74) is 0. The predicted molar refractivity (Wildman–Crippen MR) is 79.8 cm³/mol. The first-order valence-corrected chi connectivity index (χ1v) is 7.27. The molecule has 0 aliphatic carbocycles. The Morgan fingerprint density at radius 1 is 0.950 bits per heavy atom. The number of hydrogen-bond acceptors (Lipinski definition) is 4. The third-order valence-electron chi connectivity index (χ3n) is 2.66. The molecule has 0 aliphatic rings. The lowest BCUT2D eigenvalue weighted by Crippen LogP contribution is -2.02. The smallest absolute Gasteiger partial charge is 0.269 e. The molecule has 1 N–H and O–H groups in total. The number of allylic oxidation sites excluding steroid dienone is 6. The summed E-state index contributed by atoms with van der Waals surface area (Å²) in [4.78, 5) is 14.8. The second kappa shape index (κ2) is 15.7. The zero-order valence-corrected chi connectivity index (χ0v) is 12.3. The van der Waals surface area contributed by atoms with Gasteiger partial charge in [0.1, 0.15) is 0 Å². The molecule has 0 aliphatic heterocycles. The van der Waals surface area contributed by atoms with Crippen LogP contribution < -0.4 is 0 Å². The molecule has 0 bridgehead atoms. The van der Waals surface area contributed by atoms with Crippen molar-refractivity contribution in [2.75, 3.05) is 0 Å². The molecule has 0 amide bonds. The quantitative estimate of drug-likeness (QED) is 0.243. The average molecular weight is 282 g/mol. The molecule has 0 aromatic carbocycles. The van der Waals surface area contributed by atoms with Crippen LogP contribution >= 0.6 is 0 Å². The molecular formula is C16H26O4. The molecule has 0 saturated heterocycles. The van der Waals surface area contributed by atoms with Crippen molar-refractivity contribution in [1.29, 1.82) is 0 Å². The zero-order valence-electron chi connectivity index (χ0n) is 12.3. The number of carbonyl (C=O) groups is 1. The number of hydrogen-bond donors (Lipinski definition) is 1. The highest BCUT2D eigenvalue weighted by Gasteiger charge is 2.02. The van der Waals surface area contributed by atoms with Gasteiger partial charge in [0.2, 0.25) is 0 Å². The molecular weight excluding hydrogens is 256 g/mol. The Balaban J connectivity index is 3.31. The Labute approximate surface area is 121 Å². The van der Waals surface area contributed by atoms with E-state index < -0.39 is 5.97 Å². The highest BCUT2D eigenvalue weighted by molar-refractivity contribution is 5.68. The van der Waals surface area contributed by atoms with E-state index in [9.17, 15) is 4.79 Å². The van der Waals surface area contributed by atoms with E-state index in [1.54, 1.807) is 0 Å². The van der Waals surface area contributed by atoms with Crippen molar-refractivity contribution >= 4 is 5.97 Å². The maximum Gasteiger partial charge on any atom is 0.345 e. The third-order valence-corrected chi connectivity index (χ3v) is 2.66. The van der Waals surface area contributed by atoms with Crippen molar-refractivity contribution in [1.82, 2.24) is 0 Å². The van der Waals surface area contributed by atoms with Crippen LogP contribution in [-0.2, 0) is 14.7 Å². The molecule has 0 rings (SSSR count). The average Bonchev–Trinajstić information content (AvgIpc) is 2.44. The molecule has 0 heterocycles. The minimum absolute atomic E-state index is 0.276. The maximum atomic E-state index is 10.8. The Morgan fingerprint density at radius 3 is 2.25 bits per heavy atom. The van der Waals surface area contributed by atoms with E-state index in [0.29, 0.717) is 0 Å². The van der Waals surface area contributed by atoms with Crippen LogP contribution in [0.15, 0.2) is 36.5 Å². The molecule has 4 heteroatoms. The summed E-state index contributed by atoms with van der Waals surface area (Å²) in [7, 11) is 0. The molecule has 0 aromatic rings. The van der Waals surface area contributed by atoms with E-state index in [0.717, 1.165) is 44.9 Å². The second-order valence-corrected chi connectivity index (χ2v) is 4.42. The van der Waals surface area contributed by atoms with Crippen LogP contribution in [0.3, 0.4) is 0 Å². The fourth-order valence-corrected chi connectivity index (χ4v) is 1.62. The summed E-state index contributed by atoms with van der Waals surface area (Å²) >= 11 is 0. The van der Waals surface area contributed by atoms with Gasteiger partial charge in [-0.2, -0.15) is 0 Å². The van der Waals surface area contributed by atoms with E-state index in [-0.39, 0.29) is 6.42 Å². The van der Waals surface area contributed by atoms with Crippen molar-refractivity contribution in [3.63, 3.8) is 0 Å². The van der Waals surface area contributed by atoms with Crippen LogP contribution in [0.4, 0.5) is 0 Å². The van der Waals surface area contributed by atoms with Gasteiger partial charge < -0.3 is 0 Å². The molecule has 0 spiro atoms. The number of carbonyl (C=O) groups excluding carboxylic acids is 1. The van der Waals surface area contributed by atoms with Gasteiger partial charge in [0.15, 0.2) is 0 Å². The van der Waals surface area contributed by atoms with Crippen LogP contribution in [-0.4, -0.2) is 11.2 Å². The van der Waals surface area contributed by atoms with Crippen LogP contribution in [0.25, 0.3) is 0 Å². The van der Waals surface area contributed by atoms with Gasteiger partial charge in [0.05, 0.1) is 0 Å². The van der Waals surface area contributed by atoms with Crippen LogP contribution in [0.1, 0.15) is 58.3 Å². The molecule has 0 atom stereocenters. The van der Waals surface area contributed by atoms with Crippen LogP contribution in [0, 0.1) is 0 Å². The monoisotopic (exact) mass is 282 g/mol. The highest BCUT2D eigenvalue weighted by atomic mass is 17.5. The third kappa shape index (κ3) is 14.7. The van der Waals surface area contributed by atoms with E-state index in [2.05, 4.69) is 53.3 Å². The molecule has 4 nitrogen and oxygen atoms in total. The highest BCUT2D eigenvalue weighted by Crippen LogP contribution is 2.05. The van der Waals surface area contributed by atoms with E-state index >= 15 is 0 Å². The Bertz CT molecular complexity index is 306. The molecule has 0 aromatic heterocycles. The van der Waals surface area contributed by atoms with Gasteiger partial charge in [-0.1, -0.05) is 49.8 Å². The largest absolute Gasteiger partial charge is 0.345 e.